The molecule has 0 amide bonds. The summed E-state index contributed by atoms with van der Waals surface area (Å²) in [6.07, 6.45) is 1.13. The van der Waals surface area contributed by atoms with E-state index in [-0.39, 0.29) is 12.5 Å². The van der Waals surface area contributed by atoms with Crippen LogP contribution in [0.25, 0.3) is 0 Å². The number of nitrogens with zero attached hydrogens (tertiary/aromatic N) is 1. The van der Waals surface area contributed by atoms with Crippen molar-refractivity contribution < 1.29 is 5.11 Å². The second-order valence-electron chi connectivity index (χ2n) is 6.49. The molecule has 0 bridgehead atoms. The third kappa shape index (κ3) is 4.40. The number of fused-ring (bicyclic) bond motifs is 1. The van der Waals surface area contributed by atoms with E-state index in [9.17, 15) is 5.11 Å². The van der Waals surface area contributed by atoms with Crippen LogP contribution in [0.2, 0.25) is 0 Å². The maximum absolute atomic E-state index is 9.69. The predicted octanol–water partition coefficient (Wildman–Crippen LogP) is 2.66. The van der Waals surface area contributed by atoms with Crippen LogP contribution in [0.1, 0.15) is 35.4 Å². The first-order valence-corrected chi connectivity index (χ1v) is 9.07. The van der Waals surface area contributed by atoms with E-state index in [1.54, 1.807) is 0 Å². The van der Waals surface area contributed by atoms with Crippen LogP contribution in [-0.4, -0.2) is 37.3 Å². The second kappa shape index (κ2) is 8.67. The summed E-state index contributed by atoms with van der Waals surface area (Å²) in [5.41, 5.74) is 4.03. The molecule has 4 heteroatoms. The highest BCUT2D eigenvalue weighted by atomic mass is 16.3. The molecule has 0 fully saturated rings. The molecule has 3 N–H and O–H groups in total. The summed E-state index contributed by atoms with van der Waals surface area (Å²) < 4.78 is 0. The minimum atomic E-state index is 0.0288. The van der Waals surface area contributed by atoms with Gasteiger partial charge >= 0.3 is 0 Å². The van der Waals surface area contributed by atoms with Crippen LogP contribution in [0, 0.1) is 0 Å². The molecule has 0 spiro atoms. The molecular formula is C21H27N3O. The van der Waals surface area contributed by atoms with Crippen molar-refractivity contribution in [2.24, 2.45) is 4.99 Å². The third-order valence-corrected chi connectivity index (χ3v) is 4.78. The van der Waals surface area contributed by atoms with Gasteiger partial charge < -0.3 is 15.7 Å². The fourth-order valence-corrected chi connectivity index (χ4v) is 3.30. The van der Waals surface area contributed by atoms with Gasteiger partial charge in [-0.1, -0.05) is 54.6 Å². The molecule has 0 aromatic heterocycles. The zero-order valence-electron chi connectivity index (χ0n) is 14.8. The molecule has 25 heavy (non-hydrogen) atoms. The van der Waals surface area contributed by atoms with Gasteiger partial charge in [-0.2, -0.15) is 0 Å². The van der Waals surface area contributed by atoms with Gasteiger partial charge in [-0.05, 0) is 30.0 Å². The molecule has 0 aliphatic heterocycles. The Morgan fingerprint density at radius 1 is 1.12 bits per heavy atom. The average Bonchev–Trinajstić information content (AvgIpc) is 2.63. The maximum atomic E-state index is 9.69. The predicted molar refractivity (Wildman–Crippen MR) is 103 cm³/mol. The zero-order valence-corrected chi connectivity index (χ0v) is 14.8. The molecule has 2 aromatic carbocycles. The van der Waals surface area contributed by atoms with Crippen LogP contribution in [0.3, 0.4) is 0 Å². The van der Waals surface area contributed by atoms with Crippen molar-refractivity contribution in [3.8, 4) is 0 Å². The summed E-state index contributed by atoms with van der Waals surface area (Å²) in [5.74, 6) is 1.41. The summed E-state index contributed by atoms with van der Waals surface area (Å²) >= 11 is 0. The maximum Gasteiger partial charge on any atom is 0.191 e. The van der Waals surface area contributed by atoms with Gasteiger partial charge in [0.2, 0.25) is 0 Å². The largest absolute Gasteiger partial charge is 0.396 e. The number of aliphatic hydroxyl groups excluding tert-OH is 1. The van der Waals surface area contributed by atoms with Gasteiger partial charge in [0.25, 0.3) is 0 Å². The van der Waals surface area contributed by atoms with E-state index in [1.165, 1.54) is 11.1 Å². The molecule has 1 aliphatic carbocycles. The van der Waals surface area contributed by atoms with Crippen LogP contribution < -0.4 is 10.6 Å². The SMILES string of the molecule is CCNC(=NCC(CO)c1ccccc1)NCC1Cc2ccccc21. The van der Waals surface area contributed by atoms with Crippen molar-refractivity contribution in [1.29, 1.82) is 0 Å². The summed E-state index contributed by atoms with van der Waals surface area (Å²) in [6.45, 7) is 4.44. The first kappa shape index (κ1) is 17.5. The number of nitrogens with one attached hydrogen (secondary N) is 2. The Morgan fingerprint density at radius 3 is 2.60 bits per heavy atom. The summed E-state index contributed by atoms with van der Waals surface area (Å²) in [4.78, 5) is 4.68. The van der Waals surface area contributed by atoms with E-state index in [0.717, 1.165) is 31.0 Å². The Bertz CT molecular complexity index is 699. The number of hydrogen-bond donors (Lipinski definition) is 3. The van der Waals surface area contributed by atoms with Gasteiger partial charge in [-0.15, -0.1) is 0 Å². The quantitative estimate of drug-likeness (QED) is 0.538. The van der Waals surface area contributed by atoms with Crippen LogP contribution >= 0.6 is 0 Å². The average molecular weight is 337 g/mol. The minimum Gasteiger partial charge on any atom is -0.396 e. The lowest BCUT2D eigenvalue weighted by atomic mass is 9.78. The van der Waals surface area contributed by atoms with Crippen LogP contribution in [0.5, 0.6) is 0 Å². The van der Waals surface area contributed by atoms with Gasteiger partial charge in [0.15, 0.2) is 5.96 Å². The van der Waals surface area contributed by atoms with Crippen molar-refractivity contribution >= 4 is 5.96 Å². The Morgan fingerprint density at radius 2 is 1.88 bits per heavy atom. The Balaban J connectivity index is 1.58. The standard InChI is InChI=1S/C21H27N3O/c1-2-22-21(23-13-18-12-17-10-6-7-11-20(17)18)24-14-19(15-25)16-8-4-3-5-9-16/h3-11,18-19,25H,2,12-15H2,1H3,(H2,22,23,24). The second-order valence-corrected chi connectivity index (χ2v) is 6.49. The van der Waals surface area contributed by atoms with E-state index in [0.29, 0.717) is 12.5 Å². The number of rotatable bonds is 7. The molecule has 2 aromatic rings. The zero-order chi connectivity index (χ0) is 17.5. The van der Waals surface area contributed by atoms with E-state index in [2.05, 4.69) is 46.8 Å². The van der Waals surface area contributed by atoms with Crippen molar-refractivity contribution in [2.75, 3.05) is 26.2 Å². The Hall–Kier alpha value is -2.33. The van der Waals surface area contributed by atoms with Crippen molar-refractivity contribution in [3.05, 3.63) is 71.3 Å². The fraction of sp³-hybridized carbons (Fsp3) is 0.381. The molecule has 0 heterocycles. The smallest absolute Gasteiger partial charge is 0.191 e. The number of benzene rings is 2. The number of guanidine groups is 1. The van der Waals surface area contributed by atoms with Crippen LogP contribution in [0.4, 0.5) is 0 Å². The molecule has 3 rings (SSSR count). The minimum absolute atomic E-state index is 0.0288. The molecule has 2 atom stereocenters. The van der Waals surface area contributed by atoms with Crippen molar-refractivity contribution in [2.45, 2.75) is 25.2 Å². The molecule has 0 saturated heterocycles. The number of hydrogen-bond acceptors (Lipinski definition) is 2. The molecule has 0 radical (unpaired) electrons. The summed E-state index contributed by atoms with van der Waals surface area (Å²) in [6, 6.07) is 18.7. The first-order chi connectivity index (χ1) is 12.3. The number of aliphatic hydroxyl groups is 1. The monoisotopic (exact) mass is 337 g/mol. The fourth-order valence-electron chi connectivity index (χ4n) is 3.30. The molecular weight excluding hydrogens is 310 g/mol. The van der Waals surface area contributed by atoms with Crippen LogP contribution in [-0.2, 0) is 6.42 Å². The van der Waals surface area contributed by atoms with E-state index >= 15 is 0 Å². The lowest BCUT2D eigenvalue weighted by molar-refractivity contribution is 0.268. The molecule has 0 saturated carbocycles. The van der Waals surface area contributed by atoms with Gasteiger partial charge in [-0.3, -0.25) is 4.99 Å². The van der Waals surface area contributed by atoms with Crippen LogP contribution in [0.15, 0.2) is 59.6 Å². The third-order valence-electron chi connectivity index (χ3n) is 4.78. The molecule has 1 aliphatic rings. The topological polar surface area (TPSA) is 56.7 Å². The number of aliphatic imine (C=N–C) groups is 1. The van der Waals surface area contributed by atoms with Crippen molar-refractivity contribution in [3.63, 3.8) is 0 Å². The highest BCUT2D eigenvalue weighted by molar-refractivity contribution is 5.79. The van der Waals surface area contributed by atoms with E-state index in [4.69, 9.17) is 0 Å². The van der Waals surface area contributed by atoms with Gasteiger partial charge in [-0.25, -0.2) is 0 Å². The lowest BCUT2D eigenvalue weighted by Gasteiger charge is -2.30. The van der Waals surface area contributed by atoms with Gasteiger partial charge in [0.05, 0.1) is 13.2 Å². The molecule has 2 unspecified atom stereocenters. The Kier molecular flexibility index (Phi) is 6.07. The lowest BCUT2D eigenvalue weighted by Crippen LogP contribution is -2.41. The van der Waals surface area contributed by atoms with E-state index in [1.807, 2.05) is 30.3 Å². The van der Waals surface area contributed by atoms with Gasteiger partial charge in [0, 0.05) is 24.9 Å². The first-order valence-electron chi connectivity index (χ1n) is 9.07. The normalized spacial score (nSPS) is 17.4. The highest BCUT2D eigenvalue weighted by Crippen LogP contribution is 2.33. The molecule has 132 valence electrons. The summed E-state index contributed by atoms with van der Waals surface area (Å²) in [5, 5.41) is 16.4. The van der Waals surface area contributed by atoms with Gasteiger partial charge in [0.1, 0.15) is 0 Å². The Labute approximate surface area is 150 Å². The van der Waals surface area contributed by atoms with Crippen molar-refractivity contribution in [1.82, 2.24) is 10.6 Å². The summed E-state index contributed by atoms with van der Waals surface area (Å²) in [7, 11) is 0. The molecule has 4 nitrogen and oxygen atoms in total. The highest BCUT2D eigenvalue weighted by Gasteiger charge is 2.25. The van der Waals surface area contributed by atoms with E-state index < -0.39 is 0 Å².